The highest BCUT2D eigenvalue weighted by Crippen LogP contribution is 2.26. The fraction of sp³-hybridized carbons (Fsp3) is 0.667. The van der Waals surface area contributed by atoms with Crippen molar-refractivity contribution >= 4 is 6.09 Å². The normalized spacial score (nSPS) is 10.7. The highest BCUT2D eigenvalue weighted by Gasteiger charge is 2.14. The molecule has 154 valence electrons. The van der Waals surface area contributed by atoms with Crippen molar-refractivity contribution in [2.45, 2.75) is 77.7 Å². The Bertz CT molecular complexity index is 535. The van der Waals surface area contributed by atoms with E-state index >= 15 is 0 Å². The Kier molecular flexibility index (Phi) is 12.1. The van der Waals surface area contributed by atoms with Crippen molar-refractivity contribution in [1.29, 1.82) is 0 Å². The van der Waals surface area contributed by atoms with Crippen molar-refractivity contribution in [2.24, 2.45) is 0 Å². The van der Waals surface area contributed by atoms with Gasteiger partial charge in [0.2, 0.25) is 0 Å². The van der Waals surface area contributed by atoms with Crippen molar-refractivity contribution in [3.63, 3.8) is 0 Å². The number of carbonyl (C=O) groups is 1. The van der Waals surface area contributed by atoms with E-state index in [1.54, 1.807) is 12.1 Å². The van der Waals surface area contributed by atoms with Crippen LogP contribution in [-0.2, 0) is 11.4 Å². The van der Waals surface area contributed by atoms with Crippen LogP contribution in [0, 0.1) is 0 Å². The van der Waals surface area contributed by atoms with Crippen LogP contribution < -0.4 is 4.74 Å². The van der Waals surface area contributed by atoms with Crippen LogP contribution in [0.3, 0.4) is 0 Å². The van der Waals surface area contributed by atoms with Crippen molar-refractivity contribution in [3.8, 4) is 11.5 Å². The highest BCUT2D eigenvalue weighted by molar-refractivity contribution is 5.63. The number of hydroxylamine groups is 2. The summed E-state index contributed by atoms with van der Waals surface area (Å²) >= 11 is 0. The molecule has 0 aliphatic rings. The second-order valence-electron chi connectivity index (χ2n) is 6.84. The van der Waals surface area contributed by atoms with Crippen LogP contribution >= 0.6 is 0 Å². The number of rotatable bonds is 15. The Hall–Kier alpha value is -1.95. The first kappa shape index (κ1) is 23.1. The second kappa shape index (κ2) is 14.2. The quantitative estimate of drug-likeness (QED) is 0.299. The molecule has 1 amide bonds. The van der Waals surface area contributed by atoms with Crippen LogP contribution in [0.25, 0.3) is 0 Å². The number of hydrogen-bond acceptors (Lipinski definition) is 4. The number of aromatic hydroxyl groups is 1. The third kappa shape index (κ3) is 10.1. The minimum Gasteiger partial charge on any atom is -0.504 e. The Morgan fingerprint density at radius 1 is 1.00 bits per heavy atom. The molecule has 1 aromatic carbocycles. The summed E-state index contributed by atoms with van der Waals surface area (Å²) in [6.07, 6.45) is 11.1. The van der Waals surface area contributed by atoms with Crippen LogP contribution in [0.1, 0.15) is 76.7 Å². The third-order valence-corrected chi connectivity index (χ3v) is 4.53. The molecule has 1 aromatic rings. The Balaban J connectivity index is 2.19. The number of ether oxygens (including phenoxy) is 1. The van der Waals surface area contributed by atoms with Gasteiger partial charge >= 0.3 is 6.09 Å². The molecule has 0 aromatic heterocycles. The number of methoxy groups -OCH3 is 1. The molecule has 27 heavy (non-hydrogen) atoms. The van der Waals surface area contributed by atoms with E-state index in [2.05, 4.69) is 6.92 Å². The number of benzene rings is 1. The Morgan fingerprint density at radius 2 is 1.59 bits per heavy atom. The summed E-state index contributed by atoms with van der Waals surface area (Å²) in [7, 11) is 1.45. The van der Waals surface area contributed by atoms with Gasteiger partial charge in [-0.2, -0.15) is 5.06 Å². The number of unbranched alkanes of at least 4 members (excludes halogenated alkanes) is 9. The summed E-state index contributed by atoms with van der Waals surface area (Å²) in [6.45, 7) is 2.71. The predicted octanol–water partition coefficient (Wildman–Crippen LogP) is 5.73. The van der Waals surface area contributed by atoms with E-state index in [1.165, 1.54) is 64.5 Å². The number of phenols is 1. The molecule has 0 saturated carbocycles. The summed E-state index contributed by atoms with van der Waals surface area (Å²) in [5, 5.41) is 19.8. The summed E-state index contributed by atoms with van der Waals surface area (Å²) in [6, 6.07) is 4.74. The molecule has 0 aliphatic heterocycles. The van der Waals surface area contributed by atoms with Crippen LogP contribution in [0.5, 0.6) is 11.5 Å². The van der Waals surface area contributed by atoms with Crippen LogP contribution in [0.4, 0.5) is 4.79 Å². The van der Waals surface area contributed by atoms with Crippen molar-refractivity contribution in [2.75, 3.05) is 13.7 Å². The van der Waals surface area contributed by atoms with E-state index in [0.29, 0.717) is 17.9 Å². The SMILES string of the molecule is CCCCCCCCCCCCON(Cc1ccc(O)c(OC)c1)C(=O)O. The minimum absolute atomic E-state index is 0.0226. The fourth-order valence-corrected chi connectivity index (χ4v) is 2.92. The van der Waals surface area contributed by atoms with Gasteiger partial charge in [-0.05, 0) is 24.1 Å². The summed E-state index contributed by atoms with van der Waals surface area (Å²) in [4.78, 5) is 16.8. The highest BCUT2D eigenvalue weighted by atomic mass is 16.7. The first-order chi connectivity index (χ1) is 13.1. The van der Waals surface area contributed by atoms with E-state index in [9.17, 15) is 15.0 Å². The van der Waals surface area contributed by atoms with E-state index in [4.69, 9.17) is 9.57 Å². The van der Waals surface area contributed by atoms with Crippen LogP contribution in [0.15, 0.2) is 18.2 Å². The lowest BCUT2D eigenvalue weighted by atomic mass is 10.1. The van der Waals surface area contributed by atoms with Crippen molar-refractivity contribution < 1.29 is 24.6 Å². The zero-order chi connectivity index (χ0) is 19.9. The number of carboxylic acid groups (broad SMARTS) is 1. The zero-order valence-electron chi connectivity index (χ0n) is 16.8. The molecule has 6 nitrogen and oxygen atoms in total. The molecule has 0 saturated heterocycles. The Morgan fingerprint density at radius 3 is 2.15 bits per heavy atom. The predicted molar refractivity (Wildman–Crippen MR) is 106 cm³/mol. The van der Waals surface area contributed by atoms with Gasteiger partial charge in [0.15, 0.2) is 11.5 Å². The largest absolute Gasteiger partial charge is 0.504 e. The number of nitrogens with zero attached hydrogens (tertiary/aromatic N) is 1. The molecule has 0 atom stereocenters. The lowest BCUT2D eigenvalue weighted by Crippen LogP contribution is -2.29. The third-order valence-electron chi connectivity index (χ3n) is 4.53. The molecule has 0 aliphatic carbocycles. The number of hydrogen-bond donors (Lipinski definition) is 2. The topological polar surface area (TPSA) is 79.2 Å². The van der Waals surface area contributed by atoms with Gasteiger partial charge in [-0.3, -0.25) is 4.84 Å². The maximum atomic E-state index is 11.4. The lowest BCUT2D eigenvalue weighted by molar-refractivity contribution is -0.138. The maximum Gasteiger partial charge on any atom is 0.431 e. The maximum absolute atomic E-state index is 11.4. The molecule has 0 heterocycles. The summed E-state index contributed by atoms with van der Waals surface area (Å²) in [5.41, 5.74) is 0.690. The fourth-order valence-electron chi connectivity index (χ4n) is 2.92. The van der Waals surface area contributed by atoms with Gasteiger partial charge in [0.25, 0.3) is 0 Å². The van der Waals surface area contributed by atoms with Gasteiger partial charge in [0.1, 0.15) is 0 Å². The smallest absolute Gasteiger partial charge is 0.431 e. The molecule has 0 fully saturated rings. The van der Waals surface area contributed by atoms with E-state index in [1.807, 2.05) is 0 Å². The monoisotopic (exact) mass is 381 g/mol. The van der Waals surface area contributed by atoms with Gasteiger partial charge < -0.3 is 14.9 Å². The molecular formula is C21H35NO5. The first-order valence-electron chi connectivity index (χ1n) is 10.1. The van der Waals surface area contributed by atoms with Crippen LogP contribution in [-0.4, -0.2) is 35.1 Å². The van der Waals surface area contributed by atoms with Gasteiger partial charge in [-0.15, -0.1) is 0 Å². The molecule has 0 spiro atoms. The summed E-state index contributed by atoms with van der Waals surface area (Å²) in [5.74, 6) is 0.335. The first-order valence-corrected chi connectivity index (χ1v) is 10.1. The van der Waals surface area contributed by atoms with Gasteiger partial charge in [0.05, 0.1) is 20.3 Å². The van der Waals surface area contributed by atoms with E-state index < -0.39 is 6.09 Å². The second-order valence-corrected chi connectivity index (χ2v) is 6.84. The standard InChI is InChI=1S/C21H35NO5/c1-3-4-5-6-7-8-9-10-11-12-15-27-22(21(24)25)17-18-13-14-19(23)20(16-18)26-2/h13-14,16,23H,3-12,15,17H2,1-2H3,(H,24,25). The van der Waals surface area contributed by atoms with Crippen molar-refractivity contribution in [3.05, 3.63) is 23.8 Å². The van der Waals surface area contributed by atoms with Gasteiger partial charge in [-0.25, -0.2) is 4.79 Å². The minimum atomic E-state index is -1.13. The van der Waals surface area contributed by atoms with Gasteiger partial charge in [-0.1, -0.05) is 70.8 Å². The Labute approximate surface area is 163 Å². The zero-order valence-corrected chi connectivity index (χ0v) is 16.8. The molecular weight excluding hydrogens is 346 g/mol. The van der Waals surface area contributed by atoms with E-state index in [0.717, 1.165) is 17.9 Å². The number of phenolic OH excluding ortho intramolecular Hbond substituents is 1. The van der Waals surface area contributed by atoms with E-state index in [-0.39, 0.29) is 12.3 Å². The molecule has 6 heteroatoms. The average Bonchev–Trinajstić information content (AvgIpc) is 2.66. The number of amides is 1. The molecule has 0 unspecified atom stereocenters. The average molecular weight is 382 g/mol. The molecule has 1 rings (SSSR count). The molecule has 0 bridgehead atoms. The van der Waals surface area contributed by atoms with Crippen molar-refractivity contribution in [1.82, 2.24) is 5.06 Å². The summed E-state index contributed by atoms with van der Waals surface area (Å²) < 4.78 is 5.04. The molecule has 2 N–H and O–H groups in total. The van der Waals surface area contributed by atoms with Crippen LogP contribution in [0.2, 0.25) is 0 Å². The van der Waals surface area contributed by atoms with Gasteiger partial charge in [0, 0.05) is 0 Å². The lowest BCUT2D eigenvalue weighted by Gasteiger charge is -2.19. The molecule has 0 radical (unpaired) electrons.